The van der Waals surface area contributed by atoms with E-state index in [1.165, 1.54) is 0 Å². The molecule has 2 aromatic carbocycles. The molecular weight excluding hydrogens is 338 g/mol. The molecule has 0 radical (unpaired) electrons. The van der Waals surface area contributed by atoms with Crippen molar-refractivity contribution in [1.82, 2.24) is 15.0 Å². The topological polar surface area (TPSA) is 99.6 Å². The Kier molecular flexibility index (Phi) is 3.66. The number of aromatic nitrogens is 3. The summed E-state index contributed by atoms with van der Waals surface area (Å²) in [6.45, 7) is 0. The van der Waals surface area contributed by atoms with E-state index in [0.717, 1.165) is 22.2 Å². The molecule has 0 aliphatic heterocycles. The molecule has 0 aliphatic rings. The van der Waals surface area contributed by atoms with Gasteiger partial charge in [0.2, 0.25) is 0 Å². The van der Waals surface area contributed by atoms with Crippen LogP contribution in [-0.4, -0.2) is 20.9 Å². The van der Waals surface area contributed by atoms with Crippen molar-refractivity contribution >= 4 is 40.0 Å². The van der Waals surface area contributed by atoms with E-state index < -0.39 is 0 Å². The van der Waals surface area contributed by atoms with Gasteiger partial charge in [0.25, 0.3) is 5.91 Å². The van der Waals surface area contributed by atoms with Crippen LogP contribution in [0.15, 0.2) is 54.7 Å². The summed E-state index contributed by atoms with van der Waals surface area (Å²) < 4.78 is 0. The molecular formula is C18H14ClN5O. The van der Waals surface area contributed by atoms with Gasteiger partial charge in [0.1, 0.15) is 5.69 Å². The summed E-state index contributed by atoms with van der Waals surface area (Å²) in [5, 5.41) is 4.39. The molecule has 0 saturated carbocycles. The van der Waals surface area contributed by atoms with Gasteiger partial charge in [0.15, 0.2) is 5.95 Å². The van der Waals surface area contributed by atoms with Crippen LogP contribution in [0.1, 0.15) is 10.5 Å². The van der Waals surface area contributed by atoms with Crippen LogP contribution in [0.4, 0.5) is 11.6 Å². The fourth-order valence-electron chi connectivity index (χ4n) is 2.64. The number of hydrogen-bond donors (Lipinski definition) is 4. The van der Waals surface area contributed by atoms with Crippen molar-refractivity contribution < 1.29 is 4.79 Å². The first kappa shape index (κ1) is 15.3. The minimum atomic E-state index is -0.217. The SMILES string of the molecule is Nc1ncc(-c2ccc(NC(=O)c3cc4cc(Cl)ccc4[nH]3)cc2)[nH]1. The third kappa shape index (κ3) is 3.07. The lowest BCUT2D eigenvalue weighted by Gasteiger charge is -2.05. The number of hydrogen-bond acceptors (Lipinski definition) is 3. The maximum atomic E-state index is 12.4. The summed E-state index contributed by atoms with van der Waals surface area (Å²) in [5.41, 5.74) is 9.37. The number of nitrogens with one attached hydrogen (secondary N) is 3. The monoisotopic (exact) mass is 351 g/mol. The lowest BCUT2D eigenvalue weighted by molar-refractivity contribution is 0.102. The van der Waals surface area contributed by atoms with Crippen LogP contribution >= 0.6 is 11.6 Å². The molecule has 0 aliphatic carbocycles. The van der Waals surface area contributed by atoms with Gasteiger partial charge in [-0.2, -0.15) is 0 Å². The van der Waals surface area contributed by atoms with Gasteiger partial charge in [-0.25, -0.2) is 4.98 Å². The van der Waals surface area contributed by atoms with Crippen molar-refractivity contribution in [3.8, 4) is 11.3 Å². The van der Waals surface area contributed by atoms with Crippen LogP contribution in [0, 0.1) is 0 Å². The van der Waals surface area contributed by atoms with Crippen LogP contribution < -0.4 is 11.1 Å². The Bertz CT molecular complexity index is 1060. The number of aromatic amines is 2. The zero-order valence-corrected chi connectivity index (χ0v) is 13.8. The van der Waals surface area contributed by atoms with Gasteiger partial charge < -0.3 is 21.0 Å². The summed E-state index contributed by atoms with van der Waals surface area (Å²) >= 11 is 5.97. The molecule has 124 valence electrons. The minimum Gasteiger partial charge on any atom is -0.369 e. The van der Waals surface area contributed by atoms with E-state index in [2.05, 4.69) is 20.3 Å². The number of fused-ring (bicyclic) bond motifs is 1. The average Bonchev–Trinajstić information content (AvgIpc) is 3.21. The van der Waals surface area contributed by atoms with Crippen molar-refractivity contribution in [2.24, 2.45) is 0 Å². The number of halogens is 1. The Labute approximate surface area is 148 Å². The number of nitrogens with two attached hydrogens (primary N) is 1. The Morgan fingerprint density at radius 1 is 1.08 bits per heavy atom. The van der Waals surface area contributed by atoms with Gasteiger partial charge in [-0.05, 0) is 42.0 Å². The average molecular weight is 352 g/mol. The number of imidazole rings is 1. The van der Waals surface area contributed by atoms with E-state index in [1.54, 1.807) is 18.3 Å². The molecule has 4 rings (SSSR count). The number of rotatable bonds is 3. The molecule has 2 aromatic heterocycles. The number of nitrogen functional groups attached to an aromatic ring is 1. The van der Waals surface area contributed by atoms with Gasteiger partial charge in [-0.1, -0.05) is 23.7 Å². The lowest BCUT2D eigenvalue weighted by Crippen LogP contribution is -2.12. The number of nitrogens with zero attached hydrogens (tertiary/aromatic N) is 1. The fraction of sp³-hybridized carbons (Fsp3) is 0. The van der Waals surface area contributed by atoms with E-state index in [4.69, 9.17) is 17.3 Å². The van der Waals surface area contributed by atoms with E-state index in [1.807, 2.05) is 36.4 Å². The first-order valence-corrected chi connectivity index (χ1v) is 7.97. The third-order valence-corrected chi connectivity index (χ3v) is 4.11. The summed E-state index contributed by atoms with van der Waals surface area (Å²) in [6, 6.07) is 14.6. The molecule has 5 N–H and O–H groups in total. The summed E-state index contributed by atoms with van der Waals surface area (Å²) in [4.78, 5) is 22.4. The van der Waals surface area contributed by atoms with Crippen LogP contribution in [0.5, 0.6) is 0 Å². The number of anilines is 2. The Balaban J connectivity index is 1.53. The number of amides is 1. The molecule has 7 heteroatoms. The number of H-pyrrole nitrogens is 2. The maximum Gasteiger partial charge on any atom is 0.272 e. The normalized spacial score (nSPS) is 10.9. The van der Waals surface area contributed by atoms with Gasteiger partial charge in [-0.15, -0.1) is 0 Å². The highest BCUT2D eigenvalue weighted by molar-refractivity contribution is 6.31. The Morgan fingerprint density at radius 3 is 2.60 bits per heavy atom. The molecule has 0 unspecified atom stereocenters. The number of carbonyl (C=O) groups is 1. The first-order valence-electron chi connectivity index (χ1n) is 7.59. The quantitative estimate of drug-likeness (QED) is 0.448. The van der Waals surface area contributed by atoms with Gasteiger partial charge in [-0.3, -0.25) is 4.79 Å². The predicted molar refractivity (Wildman–Crippen MR) is 99.7 cm³/mol. The van der Waals surface area contributed by atoms with Crippen molar-refractivity contribution in [3.63, 3.8) is 0 Å². The molecule has 0 saturated heterocycles. The second-order valence-electron chi connectivity index (χ2n) is 5.63. The molecule has 6 nitrogen and oxygen atoms in total. The van der Waals surface area contributed by atoms with Crippen molar-refractivity contribution in [2.45, 2.75) is 0 Å². The molecule has 0 spiro atoms. The van der Waals surface area contributed by atoms with Crippen molar-refractivity contribution in [3.05, 3.63) is 65.4 Å². The largest absolute Gasteiger partial charge is 0.369 e. The van der Waals surface area contributed by atoms with Gasteiger partial charge in [0, 0.05) is 21.6 Å². The van der Waals surface area contributed by atoms with E-state index >= 15 is 0 Å². The van der Waals surface area contributed by atoms with Crippen LogP contribution in [-0.2, 0) is 0 Å². The second-order valence-corrected chi connectivity index (χ2v) is 6.06. The molecule has 0 bridgehead atoms. The summed E-state index contributed by atoms with van der Waals surface area (Å²) in [7, 11) is 0. The maximum absolute atomic E-state index is 12.4. The zero-order chi connectivity index (χ0) is 17.4. The Hall–Kier alpha value is -3.25. The molecule has 4 aromatic rings. The van der Waals surface area contributed by atoms with Crippen LogP contribution in [0.25, 0.3) is 22.2 Å². The third-order valence-electron chi connectivity index (χ3n) is 3.88. The highest BCUT2D eigenvalue weighted by atomic mass is 35.5. The zero-order valence-electron chi connectivity index (χ0n) is 13.0. The summed E-state index contributed by atoms with van der Waals surface area (Å²) in [5.74, 6) is 0.150. The molecule has 0 atom stereocenters. The van der Waals surface area contributed by atoms with Crippen LogP contribution in [0.3, 0.4) is 0 Å². The Morgan fingerprint density at radius 2 is 1.88 bits per heavy atom. The van der Waals surface area contributed by atoms with Crippen LogP contribution in [0.2, 0.25) is 5.02 Å². The van der Waals surface area contributed by atoms with Crippen molar-refractivity contribution in [2.75, 3.05) is 11.1 Å². The minimum absolute atomic E-state index is 0.217. The highest BCUT2D eigenvalue weighted by Crippen LogP contribution is 2.22. The van der Waals surface area contributed by atoms with E-state index in [0.29, 0.717) is 22.4 Å². The van der Waals surface area contributed by atoms with Gasteiger partial charge in [0.05, 0.1) is 11.9 Å². The smallest absolute Gasteiger partial charge is 0.272 e. The van der Waals surface area contributed by atoms with E-state index in [9.17, 15) is 4.79 Å². The number of benzene rings is 2. The molecule has 1 amide bonds. The fourth-order valence-corrected chi connectivity index (χ4v) is 2.82. The van der Waals surface area contributed by atoms with E-state index in [-0.39, 0.29) is 5.91 Å². The molecule has 0 fully saturated rings. The summed E-state index contributed by atoms with van der Waals surface area (Å²) in [6.07, 6.45) is 1.67. The second kappa shape index (κ2) is 5.99. The van der Waals surface area contributed by atoms with Gasteiger partial charge >= 0.3 is 0 Å². The first-order chi connectivity index (χ1) is 12.1. The molecule has 2 heterocycles. The predicted octanol–water partition coefficient (Wildman–Crippen LogP) is 4.05. The number of carbonyl (C=O) groups excluding carboxylic acids is 1. The highest BCUT2D eigenvalue weighted by Gasteiger charge is 2.10. The van der Waals surface area contributed by atoms with Crippen molar-refractivity contribution in [1.29, 1.82) is 0 Å². The standard InChI is InChI=1S/C18H14ClN5O/c19-12-3-6-14-11(7-12)8-15(23-14)17(25)22-13-4-1-10(2-5-13)16-9-21-18(20)24-16/h1-9,23H,(H,22,25)(H3,20,21,24). The lowest BCUT2D eigenvalue weighted by atomic mass is 10.1. The molecule has 25 heavy (non-hydrogen) atoms.